The number of carbonyl (C=O) groups excluding carboxylic acids is 1. The van der Waals surface area contributed by atoms with Gasteiger partial charge in [0.1, 0.15) is 0 Å². The van der Waals surface area contributed by atoms with Crippen molar-refractivity contribution in [1.29, 1.82) is 0 Å². The fourth-order valence-electron chi connectivity index (χ4n) is 1.81. The lowest BCUT2D eigenvalue weighted by Gasteiger charge is -2.16. The van der Waals surface area contributed by atoms with Crippen molar-refractivity contribution in [1.82, 2.24) is 0 Å². The number of para-hydroxylation sites is 1. The molecule has 0 unspecified atom stereocenters. The summed E-state index contributed by atoms with van der Waals surface area (Å²) in [6.45, 7) is 3.00. The van der Waals surface area contributed by atoms with Gasteiger partial charge in [-0.2, -0.15) is 0 Å². The van der Waals surface area contributed by atoms with Crippen LogP contribution in [0, 0.1) is 0 Å². The molecule has 0 aliphatic rings. The Labute approximate surface area is 124 Å². The van der Waals surface area contributed by atoms with Crippen LogP contribution in [0.1, 0.15) is 17.3 Å². The average molecular weight is 289 g/mol. The predicted molar refractivity (Wildman–Crippen MR) is 84.8 cm³/mol. The zero-order valence-electron chi connectivity index (χ0n) is 11.6. The fraction of sp³-hybridized carbons (Fsp3) is 0.188. The average Bonchev–Trinajstić information content (AvgIpc) is 2.49. The van der Waals surface area contributed by atoms with Crippen LogP contribution in [0.2, 0.25) is 5.02 Å². The van der Waals surface area contributed by atoms with Crippen molar-refractivity contribution in [3.63, 3.8) is 0 Å². The lowest BCUT2D eigenvalue weighted by Crippen LogP contribution is -2.16. The number of nitrogens with one attached hydrogen (secondary N) is 1. The number of halogens is 1. The van der Waals surface area contributed by atoms with E-state index in [9.17, 15) is 4.79 Å². The van der Waals surface area contributed by atoms with Gasteiger partial charge in [-0.05, 0) is 43.3 Å². The van der Waals surface area contributed by atoms with E-state index in [1.165, 1.54) is 0 Å². The van der Waals surface area contributed by atoms with Crippen LogP contribution in [0.25, 0.3) is 0 Å². The van der Waals surface area contributed by atoms with Gasteiger partial charge in [0.25, 0.3) is 5.91 Å². The van der Waals surface area contributed by atoms with Crippen molar-refractivity contribution in [2.45, 2.75) is 6.92 Å². The summed E-state index contributed by atoms with van der Waals surface area (Å²) in [6.07, 6.45) is 0. The van der Waals surface area contributed by atoms with E-state index in [-0.39, 0.29) is 5.91 Å². The van der Waals surface area contributed by atoms with Crippen LogP contribution >= 0.6 is 11.6 Å². The van der Waals surface area contributed by atoms with Crippen molar-refractivity contribution < 1.29 is 4.79 Å². The molecule has 0 heterocycles. The second kappa shape index (κ2) is 6.44. The summed E-state index contributed by atoms with van der Waals surface area (Å²) in [5, 5.41) is 3.34. The number of anilines is 2. The molecule has 3 nitrogen and oxygen atoms in total. The monoisotopic (exact) mass is 288 g/mol. The first-order valence-electron chi connectivity index (χ1n) is 6.49. The minimum Gasteiger partial charge on any atom is -0.375 e. The molecule has 0 saturated carbocycles. The summed E-state index contributed by atoms with van der Waals surface area (Å²) in [5.74, 6) is -0.163. The molecule has 0 aliphatic heterocycles. The summed E-state index contributed by atoms with van der Waals surface area (Å²) < 4.78 is 0. The van der Waals surface area contributed by atoms with E-state index in [2.05, 4.69) is 17.1 Å². The second-order valence-electron chi connectivity index (χ2n) is 4.50. The third-order valence-corrected chi connectivity index (χ3v) is 3.50. The summed E-state index contributed by atoms with van der Waals surface area (Å²) >= 11 is 6.02. The third kappa shape index (κ3) is 3.31. The van der Waals surface area contributed by atoms with Crippen LogP contribution in [-0.4, -0.2) is 19.5 Å². The predicted octanol–water partition coefficient (Wildman–Crippen LogP) is 4.05. The highest BCUT2D eigenvalue weighted by Crippen LogP contribution is 2.21. The highest BCUT2D eigenvalue weighted by Gasteiger charge is 2.08. The van der Waals surface area contributed by atoms with Crippen LogP contribution in [0.4, 0.5) is 11.4 Å². The molecule has 104 valence electrons. The Bertz CT molecular complexity index is 596. The van der Waals surface area contributed by atoms with E-state index in [0.717, 1.165) is 12.2 Å². The van der Waals surface area contributed by atoms with Crippen LogP contribution in [0.3, 0.4) is 0 Å². The molecular weight excluding hydrogens is 272 g/mol. The number of hydrogen-bond donors (Lipinski definition) is 1. The van der Waals surface area contributed by atoms with Crippen molar-refractivity contribution in [3.05, 3.63) is 59.1 Å². The van der Waals surface area contributed by atoms with Crippen LogP contribution in [-0.2, 0) is 0 Å². The van der Waals surface area contributed by atoms with Gasteiger partial charge in [0, 0.05) is 24.8 Å². The van der Waals surface area contributed by atoms with Gasteiger partial charge in [0.2, 0.25) is 0 Å². The Morgan fingerprint density at radius 2 is 1.80 bits per heavy atom. The van der Waals surface area contributed by atoms with Crippen molar-refractivity contribution >= 4 is 28.9 Å². The Morgan fingerprint density at radius 3 is 2.40 bits per heavy atom. The third-order valence-electron chi connectivity index (χ3n) is 3.17. The molecule has 20 heavy (non-hydrogen) atoms. The Balaban J connectivity index is 2.12. The summed E-state index contributed by atoms with van der Waals surface area (Å²) in [6, 6.07) is 14.7. The molecule has 0 spiro atoms. The number of rotatable bonds is 4. The molecule has 0 bridgehead atoms. The van der Waals surface area contributed by atoms with Crippen LogP contribution in [0.5, 0.6) is 0 Å². The first-order chi connectivity index (χ1) is 9.61. The number of benzene rings is 2. The lowest BCUT2D eigenvalue weighted by atomic mass is 10.2. The molecule has 0 radical (unpaired) electrons. The zero-order chi connectivity index (χ0) is 14.5. The van der Waals surface area contributed by atoms with Gasteiger partial charge in [-0.3, -0.25) is 4.79 Å². The van der Waals surface area contributed by atoms with Crippen LogP contribution in [0.15, 0.2) is 48.5 Å². The van der Waals surface area contributed by atoms with Gasteiger partial charge in [-0.25, -0.2) is 0 Å². The van der Waals surface area contributed by atoms with Crippen molar-refractivity contribution in [2.24, 2.45) is 0 Å². The molecular formula is C16H17ClN2O. The van der Waals surface area contributed by atoms with E-state index in [1.807, 2.05) is 43.4 Å². The highest BCUT2D eigenvalue weighted by atomic mass is 35.5. The Morgan fingerprint density at radius 1 is 1.15 bits per heavy atom. The zero-order valence-corrected chi connectivity index (χ0v) is 12.3. The van der Waals surface area contributed by atoms with Gasteiger partial charge in [0.15, 0.2) is 0 Å². The lowest BCUT2D eigenvalue weighted by molar-refractivity contribution is 0.102. The number of nitrogens with zero attached hydrogens (tertiary/aromatic N) is 1. The molecule has 0 saturated heterocycles. The van der Waals surface area contributed by atoms with Gasteiger partial charge >= 0.3 is 0 Å². The highest BCUT2D eigenvalue weighted by molar-refractivity contribution is 6.33. The maximum absolute atomic E-state index is 12.1. The number of hydrogen-bond acceptors (Lipinski definition) is 2. The maximum atomic E-state index is 12.1. The summed E-state index contributed by atoms with van der Waals surface area (Å²) in [5.41, 5.74) is 2.31. The molecule has 2 rings (SSSR count). The van der Waals surface area contributed by atoms with E-state index < -0.39 is 0 Å². The molecule has 0 aliphatic carbocycles. The SMILES string of the molecule is CCN(C)c1ccc(C(=O)Nc2ccccc2Cl)cc1. The molecule has 0 atom stereocenters. The van der Waals surface area contributed by atoms with E-state index in [4.69, 9.17) is 11.6 Å². The fourth-order valence-corrected chi connectivity index (χ4v) is 1.99. The van der Waals surface area contributed by atoms with Gasteiger partial charge < -0.3 is 10.2 Å². The smallest absolute Gasteiger partial charge is 0.255 e. The van der Waals surface area contributed by atoms with Crippen LogP contribution < -0.4 is 10.2 Å². The minimum absolute atomic E-state index is 0.163. The molecule has 0 fully saturated rings. The molecule has 0 aromatic heterocycles. The largest absolute Gasteiger partial charge is 0.375 e. The molecule has 1 N–H and O–H groups in total. The van der Waals surface area contributed by atoms with Gasteiger partial charge in [-0.15, -0.1) is 0 Å². The molecule has 1 amide bonds. The molecule has 2 aromatic rings. The minimum atomic E-state index is -0.163. The summed E-state index contributed by atoms with van der Waals surface area (Å²) in [7, 11) is 2.01. The number of carbonyl (C=O) groups is 1. The quantitative estimate of drug-likeness (QED) is 0.920. The summed E-state index contributed by atoms with van der Waals surface area (Å²) in [4.78, 5) is 14.2. The first kappa shape index (κ1) is 14.4. The van der Waals surface area contributed by atoms with Crippen molar-refractivity contribution in [2.75, 3.05) is 23.8 Å². The molecule has 2 aromatic carbocycles. The Hall–Kier alpha value is -2.00. The van der Waals surface area contributed by atoms with E-state index >= 15 is 0 Å². The van der Waals surface area contributed by atoms with Gasteiger partial charge in [0.05, 0.1) is 10.7 Å². The second-order valence-corrected chi connectivity index (χ2v) is 4.90. The number of amides is 1. The van der Waals surface area contributed by atoms with E-state index in [1.54, 1.807) is 12.1 Å². The Kier molecular flexibility index (Phi) is 4.64. The van der Waals surface area contributed by atoms with Crippen molar-refractivity contribution in [3.8, 4) is 0 Å². The van der Waals surface area contributed by atoms with Gasteiger partial charge in [-0.1, -0.05) is 23.7 Å². The standard InChI is InChI=1S/C16H17ClN2O/c1-3-19(2)13-10-8-12(9-11-13)16(20)18-15-7-5-4-6-14(15)17/h4-11H,3H2,1-2H3,(H,18,20). The maximum Gasteiger partial charge on any atom is 0.255 e. The topological polar surface area (TPSA) is 32.3 Å². The first-order valence-corrected chi connectivity index (χ1v) is 6.86. The normalized spacial score (nSPS) is 10.2. The van der Waals surface area contributed by atoms with E-state index in [0.29, 0.717) is 16.3 Å². The molecule has 4 heteroatoms.